The number of aromatic nitrogens is 1. The van der Waals surface area contributed by atoms with E-state index in [0.717, 1.165) is 6.07 Å². The number of hydrogen-bond acceptors (Lipinski definition) is 5. The summed E-state index contributed by atoms with van der Waals surface area (Å²) in [5.74, 6) is -2.68. The first-order valence-corrected chi connectivity index (χ1v) is 13.2. The Morgan fingerprint density at radius 1 is 1.20 bits per heavy atom. The van der Waals surface area contributed by atoms with Crippen molar-refractivity contribution in [3.8, 4) is 11.1 Å². The average molecular weight is 560 g/mol. The number of rotatable bonds is 10. The number of nitrogens with one attached hydrogen (secondary N) is 2. The third kappa shape index (κ3) is 7.21. The van der Waals surface area contributed by atoms with Gasteiger partial charge in [-0.05, 0) is 67.8 Å². The molecule has 0 spiro atoms. The van der Waals surface area contributed by atoms with Crippen molar-refractivity contribution in [1.29, 1.82) is 0 Å². The zero-order valence-corrected chi connectivity index (χ0v) is 22.8. The molecule has 4 N–H and O–H groups in total. The summed E-state index contributed by atoms with van der Waals surface area (Å²) in [6.07, 6.45) is 5.14. The second kappa shape index (κ2) is 13.0. The van der Waals surface area contributed by atoms with Crippen LogP contribution in [0.5, 0.6) is 0 Å². The molecule has 4 rings (SSSR count). The lowest BCUT2D eigenvalue weighted by Crippen LogP contribution is -2.45. The highest BCUT2D eigenvalue weighted by Crippen LogP contribution is 2.32. The van der Waals surface area contributed by atoms with E-state index in [2.05, 4.69) is 15.6 Å². The van der Waals surface area contributed by atoms with Crippen molar-refractivity contribution in [1.82, 2.24) is 10.3 Å². The zero-order chi connectivity index (χ0) is 29.5. The van der Waals surface area contributed by atoms with Gasteiger partial charge in [0.25, 0.3) is 5.91 Å². The Labute approximate surface area is 237 Å². The minimum Gasteiger partial charge on any atom is -0.366 e. The van der Waals surface area contributed by atoms with Gasteiger partial charge in [0.15, 0.2) is 0 Å². The maximum absolute atomic E-state index is 14.3. The molecule has 41 heavy (non-hydrogen) atoms. The van der Waals surface area contributed by atoms with Crippen LogP contribution in [0.4, 0.5) is 20.2 Å². The van der Waals surface area contributed by atoms with E-state index in [1.807, 2.05) is 19.1 Å². The van der Waals surface area contributed by atoms with Crippen LogP contribution in [-0.4, -0.2) is 35.8 Å². The number of benzene rings is 2. The number of carbonyl (C=O) groups excluding carboxylic acids is 3. The summed E-state index contributed by atoms with van der Waals surface area (Å²) >= 11 is 0. The number of nitrogens with two attached hydrogens (primary N) is 1. The molecule has 0 bridgehead atoms. The minimum absolute atomic E-state index is 0.00135. The van der Waals surface area contributed by atoms with E-state index in [4.69, 9.17) is 5.73 Å². The summed E-state index contributed by atoms with van der Waals surface area (Å²) in [6.45, 7) is 3.47. The van der Waals surface area contributed by atoms with Crippen LogP contribution < -0.4 is 21.3 Å². The third-order valence-corrected chi connectivity index (χ3v) is 6.54. The van der Waals surface area contributed by atoms with Crippen LogP contribution in [0.2, 0.25) is 0 Å². The molecule has 0 fully saturated rings. The van der Waals surface area contributed by atoms with Crippen molar-refractivity contribution < 1.29 is 23.2 Å². The molecule has 0 saturated heterocycles. The van der Waals surface area contributed by atoms with Gasteiger partial charge in [-0.15, -0.1) is 0 Å². The molecule has 0 aliphatic carbocycles. The number of carbonyl (C=O) groups is 3. The predicted octanol–water partition coefficient (Wildman–Crippen LogP) is 5.20. The van der Waals surface area contributed by atoms with Crippen molar-refractivity contribution in [2.75, 3.05) is 23.3 Å². The molecule has 1 aromatic heterocycles. The van der Waals surface area contributed by atoms with Gasteiger partial charge < -0.3 is 21.3 Å². The Morgan fingerprint density at radius 2 is 1.98 bits per heavy atom. The molecule has 1 aliphatic rings. The van der Waals surface area contributed by atoms with Crippen LogP contribution in [0.1, 0.15) is 48.8 Å². The van der Waals surface area contributed by atoms with E-state index in [-0.39, 0.29) is 36.9 Å². The minimum atomic E-state index is -0.914. The van der Waals surface area contributed by atoms with E-state index in [9.17, 15) is 23.2 Å². The summed E-state index contributed by atoms with van der Waals surface area (Å²) in [5.41, 5.74) is 8.51. The van der Waals surface area contributed by atoms with Crippen molar-refractivity contribution in [3.63, 3.8) is 0 Å². The summed E-state index contributed by atoms with van der Waals surface area (Å²) in [4.78, 5) is 43.7. The molecule has 1 unspecified atom stereocenters. The normalized spacial score (nSPS) is 14.2. The second-order valence-corrected chi connectivity index (χ2v) is 9.73. The number of hydrogen-bond donors (Lipinski definition) is 3. The largest absolute Gasteiger partial charge is 0.366 e. The first kappa shape index (κ1) is 29.1. The van der Waals surface area contributed by atoms with E-state index < -0.39 is 23.6 Å². The highest BCUT2D eigenvalue weighted by Gasteiger charge is 2.26. The fourth-order valence-electron chi connectivity index (χ4n) is 4.76. The maximum atomic E-state index is 14.3. The highest BCUT2D eigenvalue weighted by atomic mass is 19.1. The number of halogens is 2. The van der Waals surface area contributed by atoms with Gasteiger partial charge in [0.2, 0.25) is 11.8 Å². The number of amides is 3. The zero-order valence-electron chi connectivity index (χ0n) is 22.8. The van der Waals surface area contributed by atoms with E-state index >= 15 is 0 Å². The lowest BCUT2D eigenvalue weighted by Gasteiger charge is -2.31. The fraction of sp³-hybridized carbons (Fsp3) is 0.226. The number of primary amides is 1. The summed E-state index contributed by atoms with van der Waals surface area (Å²) in [7, 11) is 0. The number of pyridine rings is 1. The number of fused-ring (bicyclic) bond motifs is 1. The lowest BCUT2D eigenvalue weighted by atomic mass is 9.94. The SMILES string of the molecule is CCC=C(F)C=C(C)CC(NC(=O)CN1CC(=O)Nc2ccccc21)c1ncccc1-c1ccc(F)c(C(N)=O)c1. The number of anilines is 2. The molecule has 3 aromatic rings. The summed E-state index contributed by atoms with van der Waals surface area (Å²) in [6, 6.07) is 13.9. The van der Waals surface area contributed by atoms with Crippen molar-refractivity contribution in [3.05, 3.63) is 101 Å². The molecular weight excluding hydrogens is 528 g/mol. The predicted molar refractivity (Wildman–Crippen MR) is 154 cm³/mol. The number of nitrogens with zero attached hydrogens (tertiary/aromatic N) is 2. The van der Waals surface area contributed by atoms with Crippen molar-refractivity contribution in [2.45, 2.75) is 32.7 Å². The molecular formula is C31H31F2N5O3. The molecule has 10 heteroatoms. The van der Waals surface area contributed by atoms with E-state index in [1.165, 1.54) is 24.3 Å². The van der Waals surface area contributed by atoms with Crippen LogP contribution >= 0.6 is 0 Å². The van der Waals surface area contributed by atoms with Gasteiger partial charge in [0.05, 0.1) is 41.8 Å². The van der Waals surface area contributed by atoms with Gasteiger partial charge in [-0.25, -0.2) is 8.78 Å². The van der Waals surface area contributed by atoms with Crippen LogP contribution in [0.3, 0.4) is 0 Å². The monoisotopic (exact) mass is 559 g/mol. The maximum Gasteiger partial charge on any atom is 0.251 e. The first-order valence-electron chi connectivity index (χ1n) is 13.2. The molecule has 2 aromatic carbocycles. The Kier molecular flexibility index (Phi) is 9.23. The van der Waals surface area contributed by atoms with Gasteiger partial charge in [-0.2, -0.15) is 0 Å². The fourth-order valence-corrected chi connectivity index (χ4v) is 4.76. The van der Waals surface area contributed by atoms with Gasteiger partial charge in [-0.3, -0.25) is 19.4 Å². The van der Waals surface area contributed by atoms with E-state index in [1.54, 1.807) is 42.3 Å². The molecule has 3 amide bonds. The highest BCUT2D eigenvalue weighted by molar-refractivity contribution is 6.02. The lowest BCUT2D eigenvalue weighted by molar-refractivity contribution is -0.120. The van der Waals surface area contributed by atoms with Crippen LogP contribution in [0.15, 0.2) is 84.3 Å². The Hall–Kier alpha value is -4.86. The Bertz CT molecular complexity index is 1540. The molecule has 1 aliphatic heterocycles. The second-order valence-electron chi connectivity index (χ2n) is 9.73. The quantitative estimate of drug-likeness (QED) is 0.295. The van der Waals surface area contributed by atoms with Crippen molar-refractivity contribution in [2.24, 2.45) is 5.73 Å². The summed E-state index contributed by atoms with van der Waals surface area (Å²) in [5, 5.41) is 5.79. The topological polar surface area (TPSA) is 117 Å². The molecule has 2 heterocycles. The summed E-state index contributed by atoms with van der Waals surface area (Å²) < 4.78 is 28.5. The third-order valence-electron chi connectivity index (χ3n) is 6.54. The average Bonchev–Trinajstić information content (AvgIpc) is 2.92. The van der Waals surface area contributed by atoms with Gasteiger partial charge >= 0.3 is 0 Å². The smallest absolute Gasteiger partial charge is 0.251 e. The van der Waals surface area contributed by atoms with Crippen molar-refractivity contribution >= 4 is 29.1 Å². The standard InChI is InChI=1S/C31H31F2N5O3/c1-3-7-21(32)14-19(2)15-26(37-29(40)18-38-17-28(39)36-25-9-4-5-10-27(25)38)30-22(8-6-13-35-30)20-11-12-24(33)23(16-20)31(34)41/h4-14,16,26H,3,15,17-18H2,1-2H3,(H2,34,41)(H,36,39)(H,37,40). The van der Waals surface area contributed by atoms with Gasteiger partial charge in [0.1, 0.15) is 11.6 Å². The molecule has 212 valence electrons. The molecule has 0 saturated carbocycles. The van der Waals surface area contributed by atoms with Gasteiger partial charge in [-0.1, -0.05) is 36.8 Å². The molecule has 8 nitrogen and oxygen atoms in total. The first-order chi connectivity index (χ1) is 19.7. The van der Waals surface area contributed by atoms with Crippen LogP contribution in [-0.2, 0) is 9.59 Å². The number of allylic oxidation sites excluding steroid dienone is 3. The number of para-hydroxylation sites is 2. The molecule has 1 atom stereocenters. The van der Waals surface area contributed by atoms with Crippen LogP contribution in [0, 0.1) is 5.82 Å². The Morgan fingerprint density at radius 3 is 2.73 bits per heavy atom. The molecule has 0 radical (unpaired) electrons. The van der Waals surface area contributed by atoms with Gasteiger partial charge in [0, 0.05) is 11.8 Å². The Balaban J connectivity index is 1.69. The van der Waals surface area contributed by atoms with Crippen LogP contribution in [0.25, 0.3) is 11.1 Å². The van der Waals surface area contributed by atoms with E-state index in [0.29, 0.717) is 40.2 Å².